The van der Waals surface area contributed by atoms with E-state index in [0.29, 0.717) is 58.5 Å². The summed E-state index contributed by atoms with van der Waals surface area (Å²) in [7, 11) is 0. The van der Waals surface area contributed by atoms with Crippen molar-refractivity contribution in [3.8, 4) is 0 Å². The van der Waals surface area contributed by atoms with Gasteiger partial charge >= 0.3 is 53.7 Å². The molecule has 14 rings (SSSR count). The fourth-order valence-corrected chi connectivity index (χ4v) is 15.1. The standard InChI is InChI=1S/C14H22O2.C10H14O2.C9H12O3.C9H12O2.C8H10O2.C7H8O2.C6H4Cl2O3/c1-11-12-9-7-5-3-2-4-6-8-10-13(12)14(15)16-11;1-7-8-5-3-2-4-6-9(8)10(11)12-7;1-5-2-3-6-7(4-5)9(11)12-8(6)10;1-6-7-4-2-3-5-8(7)9(10)11-6;1-5-6-3-2-4-7(6)8(9)10-5;1-4-5-2-3-6(5)7(8)9-4;7-3-1-2(4(3)8)6(10)11-5(1)9/h12-13H,1-10H2;8-9H,1-6H2;5-7H,2-4H2,1H3;7-8H,1-5H2;6-7H,1-4H2;5-6H,1-3H2;1-4H. The van der Waals surface area contributed by atoms with E-state index in [-0.39, 0.29) is 83.2 Å². The summed E-state index contributed by atoms with van der Waals surface area (Å²) in [5, 5.41) is -0.888. The predicted molar refractivity (Wildman–Crippen MR) is 296 cm³/mol. The molecule has 0 spiro atoms. The topological polar surface area (TPSA) is 218 Å². The van der Waals surface area contributed by atoms with Crippen molar-refractivity contribution in [2.45, 2.75) is 185 Å². The Bertz CT molecular complexity index is 2320. The van der Waals surface area contributed by atoms with E-state index < -0.39 is 34.5 Å². The Hall–Kier alpha value is -5.09. The minimum atomic E-state index is -0.531. The van der Waals surface area contributed by atoms with Gasteiger partial charge in [-0.3, -0.25) is 43.2 Å². The number of carbonyl (C=O) groups is 9. The van der Waals surface area contributed by atoms with Crippen molar-refractivity contribution in [2.24, 2.45) is 88.8 Å². The van der Waals surface area contributed by atoms with Crippen LogP contribution in [0.5, 0.6) is 0 Å². The zero-order valence-electron chi connectivity index (χ0n) is 47.0. The van der Waals surface area contributed by atoms with E-state index in [9.17, 15) is 43.2 Å². The van der Waals surface area contributed by atoms with Crippen LogP contribution in [0.4, 0.5) is 0 Å². The molecule has 444 valence electrons. The zero-order valence-corrected chi connectivity index (χ0v) is 48.5. The lowest BCUT2D eigenvalue weighted by Gasteiger charge is -2.35. The first-order valence-corrected chi connectivity index (χ1v) is 30.9. The van der Waals surface area contributed by atoms with Gasteiger partial charge in [-0.15, -0.1) is 23.2 Å². The molecule has 7 heterocycles. The number of hydrogen-bond acceptors (Lipinski definition) is 16. The van der Waals surface area contributed by atoms with Crippen LogP contribution in [0.3, 0.4) is 0 Å². The number of fused-ring (bicyclic) bond motifs is 7. The quantitative estimate of drug-likeness (QED) is 0.0953. The predicted octanol–water partition coefficient (Wildman–Crippen LogP) is 12.1. The van der Waals surface area contributed by atoms with Crippen molar-refractivity contribution in [3.05, 3.63) is 61.7 Å². The van der Waals surface area contributed by atoms with E-state index in [1.807, 2.05) is 0 Å². The van der Waals surface area contributed by atoms with Gasteiger partial charge in [-0.05, 0) is 89.4 Å². The lowest BCUT2D eigenvalue weighted by Crippen LogP contribution is -2.51. The van der Waals surface area contributed by atoms with Gasteiger partial charge in [0.2, 0.25) is 0 Å². The molecule has 16 nitrogen and oxygen atoms in total. The molecular formula is C63H82Cl2O16. The van der Waals surface area contributed by atoms with Crippen LogP contribution in [-0.4, -0.2) is 64.5 Å². The first-order chi connectivity index (χ1) is 38.7. The number of halogens is 2. The molecule has 81 heavy (non-hydrogen) atoms. The molecule has 17 atom stereocenters. The summed E-state index contributed by atoms with van der Waals surface area (Å²) < 4.78 is 33.8. The fourth-order valence-electron chi connectivity index (χ4n) is 14.3. The number of hydrogen-bond donors (Lipinski definition) is 0. The molecule has 0 N–H and O–H groups in total. The summed E-state index contributed by atoms with van der Waals surface area (Å²) in [6.45, 7) is 20.9. The van der Waals surface area contributed by atoms with Gasteiger partial charge in [-0.25, -0.2) is 0 Å². The molecule has 0 aromatic rings. The Morgan fingerprint density at radius 2 is 0.494 bits per heavy atom. The minimum absolute atomic E-state index is 0.0192. The maximum absolute atomic E-state index is 11.7. The van der Waals surface area contributed by atoms with Crippen molar-refractivity contribution in [1.29, 1.82) is 0 Å². The second-order valence-electron chi connectivity index (χ2n) is 24.5. The van der Waals surface area contributed by atoms with Crippen LogP contribution in [-0.2, 0) is 76.3 Å². The second kappa shape index (κ2) is 28.0. The van der Waals surface area contributed by atoms with E-state index in [0.717, 1.165) is 95.7 Å². The van der Waals surface area contributed by atoms with Crippen molar-refractivity contribution < 1.29 is 76.3 Å². The normalized spacial score (nSPS) is 38.4. The van der Waals surface area contributed by atoms with Crippen LogP contribution >= 0.6 is 23.2 Å². The van der Waals surface area contributed by atoms with Crippen LogP contribution in [0.25, 0.3) is 0 Å². The molecule has 17 unspecified atom stereocenters. The Kier molecular flexibility index (Phi) is 21.4. The molecule has 0 aromatic heterocycles. The Morgan fingerprint density at radius 3 is 0.840 bits per heavy atom. The van der Waals surface area contributed by atoms with E-state index in [1.54, 1.807) is 0 Å². The molecule has 7 aliphatic heterocycles. The maximum Gasteiger partial charge on any atom is 0.319 e. The highest BCUT2D eigenvalue weighted by Crippen LogP contribution is 2.49. The summed E-state index contributed by atoms with van der Waals surface area (Å²) in [5.41, 5.74) is 0. The van der Waals surface area contributed by atoms with Gasteiger partial charge in [-0.2, -0.15) is 0 Å². The number of alkyl halides is 2. The molecule has 14 fully saturated rings. The van der Waals surface area contributed by atoms with Crippen molar-refractivity contribution in [3.63, 3.8) is 0 Å². The molecule has 18 heteroatoms. The lowest BCUT2D eigenvalue weighted by atomic mass is 9.74. The number of ether oxygens (including phenoxy) is 7. The SMILES string of the molecule is C=C1OC(=O)C2CCC12.C=C1OC(=O)C2CCCC12.C=C1OC(=O)C2CCCCC12.C=C1OC(=O)C2CCCCCC12.C=C1OC(=O)C2CCCCCCCCCC12.CC1CCC2C(=O)OC(=O)C2C1.O=C1OC(=O)C2C(Cl)C(Cl)C12. The molecule has 7 saturated heterocycles. The third kappa shape index (κ3) is 14.5. The van der Waals surface area contributed by atoms with Crippen molar-refractivity contribution in [2.75, 3.05) is 0 Å². The molecule has 14 aliphatic rings. The highest BCUT2D eigenvalue weighted by molar-refractivity contribution is 6.35. The number of esters is 9. The van der Waals surface area contributed by atoms with E-state index in [2.05, 4.69) is 49.3 Å². The smallest absolute Gasteiger partial charge is 0.319 e. The highest BCUT2D eigenvalue weighted by atomic mass is 35.5. The summed E-state index contributed by atoms with van der Waals surface area (Å²) in [4.78, 5) is 99.7. The Morgan fingerprint density at radius 1 is 0.272 bits per heavy atom. The average molecular weight is 1170 g/mol. The van der Waals surface area contributed by atoms with E-state index in [1.165, 1.54) is 77.0 Å². The maximum atomic E-state index is 11.7. The second-order valence-corrected chi connectivity index (χ2v) is 25.5. The zero-order chi connectivity index (χ0) is 58.2. The minimum Gasteiger partial charge on any atom is -0.431 e. The largest absolute Gasteiger partial charge is 0.431 e. The molecule has 7 saturated carbocycles. The third-order valence-electron chi connectivity index (χ3n) is 19.4. The summed E-state index contributed by atoms with van der Waals surface area (Å²) in [5.74, 6) is 3.48. The Labute approximate surface area is 486 Å². The van der Waals surface area contributed by atoms with E-state index in [4.69, 9.17) is 46.9 Å². The summed E-state index contributed by atoms with van der Waals surface area (Å²) in [6.07, 6.45) is 29.4. The monoisotopic (exact) mass is 1160 g/mol. The van der Waals surface area contributed by atoms with Gasteiger partial charge in [0.1, 0.15) is 28.8 Å². The number of carbonyl (C=O) groups excluding carboxylic acids is 9. The molecule has 0 bridgehead atoms. The van der Waals surface area contributed by atoms with Crippen LogP contribution in [0.1, 0.15) is 174 Å². The first kappa shape index (κ1) is 62.0. The molecule has 0 radical (unpaired) electrons. The Balaban J connectivity index is 0.000000125. The van der Waals surface area contributed by atoms with Gasteiger partial charge < -0.3 is 33.2 Å². The van der Waals surface area contributed by atoms with Gasteiger partial charge in [0.05, 0.1) is 64.0 Å². The van der Waals surface area contributed by atoms with Crippen molar-refractivity contribution in [1.82, 2.24) is 0 Å². The van der Waals surface area contributed by atoms with Crippen molar-refractivity contribution >= 4 is 76.9 Å². The molecular weight excluding hydrogens is 1080 g/mol. The van der Waals surface area contributed by atoms with Gasteiger partial charge in [0.25, 0.3) is 0 Å². The van der Waals surface area contributed by atoms with E-state index >= 15 is 0 Å². The lowest BCUT2D eigenvalue weighted by molar-refractivity contribution is -0.155. The fraction of sp³-hybridized carbons (Fsp3) is 0.698. The summed E-state index contributed by atoms with van der Waals surface area (Å²) in [6, 6.07) is 0. The van der Waals surface area contributed by atoms with Gasteiger partial charge in [-0.1, -0.05) is 123 Å². The van der Waals surface area contributed by atoms with Gasteiger partial charge in [0.15, 0.2) is 0 Å². The van der Waals surface area contributed by atoms with Crippen LogP contribution < -0.4 is 0 Å². The van der Waals surface area contributed by atoms with Crippen LogP contribution in [0.15, 0.2) is 61.7 Å². The number of allylic oxidation sites excluding steroid dienone is 5. The van der Waals surface area contributed by atoms with Crippen LogP contribution in [0, 0.1) is 88.8 Å². The molecule has 0 aromatic carbocycles. The summed E-state index contributed by atoms with van der Waals surface area (Å²) >= 11 is 11.4. The number of cyclic esters (lactones) is 9. The number of rotatable bonds is 0. The third-order valence-corrected chi connectivity index (χ3v) is 20.6. The highest BCUT2D eigenvalue weighted by Gasteiger charge is 2.63. The van der Waals surface area contributed by atoms with Crippen LogP contribution in [0.2, 0.25) is 0 Å². The average Bonchev–Trinajstić information content (AvgIpc) is 4.00. The van der Waals surface area contributed by atoms with Gasteiger partial charge in [0, 0.05) is 29.6 Å². The molecule has 0 amide bonds. The first-order valence-electron chi connectivity index (χ1n) is 30.1. The molecule has 7 aliphatic carbocycles.